The molecule has 0 aliphatic rings. The van der Waals surface area contributed by atoms with Crippen LogP contribution in [0.5, 0.6) is 0 Å². The molecule has 0 radical (unpaired) electrons. The van der Waals surface area contributed by atoms with Crippen molar-refractivity contribution in [3.8, 4) is 0 Å². The van der Waals surface area contributed by atoms with Gasteiger partial charge in [0.15, 0.2) is 0 Å². The van der Waals surface area contributed by atoms with Crippen LogP contribution in [0.3, 0.4) is 0 Å². The standard InChI is InChI=1S/C20H27N3O3S/c1-13-11-14(17(27-13)22-19(25)20(2,3)4)18(24)23(5)16(12-26-6)15-9-7-8-10-21-15/h7-11,16H,12H2,1-6H3,(H,22,25). The molecule has 2 heterocycles. The molecule has 1 unspecified atom stereocenters. The van der Waals surface area contributed by atoms with Crippen LogP contribution in [-0.2, 0) is 9.53 Å². The second kappa shape index (κ2) is 8.63. The number of aryl methyl sites for hydroxylation is 1. The fourth-order valence-corrected chi connectivity index (χ4v) is 3.41. The van der Waals surface area contributed by atoms with Gasteiger partial charge in [0.05, 0.1) is 23.9 Å². The Morgan fingerprint density at radius 1 is 1.33 bits per heavy atom. The summed E-state index contributed by atoms with van der Waals surface area (Å²) in [5, 5.41) is 3.47. The third kappa shape index (κ3) is 5.14. The molecular formula is C20H27N3O3S. The first-order valence-electron chi connectivity index (χ1n) is 8.74. The second-order valence-corrected chi connectivity index (χ2v) is 8.70. The van der Waals surface area contributed by atoms with Crippen LogP contribution in [0.15, 0.2) is 30.5 Å². The molecule has 1 N–H and O–H groups in total. The largest absolute Gasteiger partial charge is 0.382 e. The maximum Gasteiger partial charge on any atom is 0.257 e. The van der Waals surface area contributed by atoms with Gasteiger partial charge in [-0.05, 0) is 25.1 Å². The smallest absolute Gasteiger partial charge is 0.257 e. The molecule has 2 aromatic rings. The first-order valence-corrected chi connectivity index (χ1v) is 9.55. The van der Waals surface area contributed by atoms with Crippen LogP contribution in [0.25, 0.3) is 0 Å². The van der Waals surface area contributed by atoms with Crippen molar-refractivity contribution in [3.05, 3.63) is 46.6 Å². The molecule has 146 valence electrons. The number of likely N-dealkylation sites (N-methyl/N-ethyl adjacent to an activating group) is 1. The zero-order valence-electron chi connectivity index (χ0n) is 16.7. The van der Waals surface area contributed by atoms with Gasteiger partial charge in [0.1, 0.15) is 5.00 Å². The van der Waals surface area contributed by atoms with Gasteiger partial charge in [-0.25, -0.2) is 0 Å². The molecule has 7 heteroatoms. The van der Waals surface area contributed by atoms with E-state index >= 15 is 0 Å². The highest BCUT2D eigenvalue weighted by atomic mass is 32.1. The fourth-order valence-electron chi connectivity index (χ4n) is 2.51. The number of hydrogen-bond donors (Lipinski definition) is 1. The molecule has 0 aromatic carbocycles. The molecule has 27 heavy (non-hydrogen) atoms. The third-order valence-corrected chi connectivity index (χ3v) is 5.10. The lowest BCUT2D eigenvalue weighted by Crippen LogP contribution is -2.35. The monoisotopic (exact) mass is 389 g/mol. The number of thiophene rings is 1. The number of methoxy groups -OCH3 is 1. The van der Waals surface area contributed by atoms with E-state index in [0.717, 1.165) is 10.6 Å². The van der Waals surface area contributed by atoms with Crippen LogP contribution in [0.4, 0.5) is 5.00 Å². The number of nitrogens with one attached hydrogen (secondary N) is 1. The number of carbonyl (C=O) groups excluding carboxylic acids is 2. The topological polar surface area (TPSA) is 71.5 Å². The van der Waals surface area contributed by atoms with Crippen molar-refractivity contribution < 1.29 is 14.3 Å². The van der Waals surface area contributed by atoms with Crippen LogP contribution in [0.2, 0.25) is 0 Å². The van der Waals surface area contributed by atoms with Crippen molar-refractivity contribution in [2.24, 2.45) is 5.41 Å². The lowest BCUT2D eigenvalue weighted by atomic mass is 9.96. The summed E-state index contributed by atoms with van der Waals surface area (Å²) in [6.07, 6.45) is 1.69. The number of aromatic nitrogens is 1. The van der Waals surface area contributed by atoms with E-state index in [2.05, 4.69) is 10.3 Å². The SMILES string of the molecule is COCC(c1ccccn1)N(C)C(=O)c1cc(C)sc1NC(=O)C(C)(C)C. The molecule has 0 aliphatic carbocycles. The molecule has 0 fully saturated rings. The van der Waals surface area contributed by atoms with Gasteiger partial charge in [-0.3, -0.25) is 14.6 Å². The fraction of sp³-hybridized carbons (Fsp3) is 0.450. The number of ether oxygens (including phenoxy) is 1. The van der Waals surface area contributed by atoms with Crippen LogP contribution in [0, 0.1) is 12.3 Å². The number of rotatable bonds is 6. The van der Waals surface area contributed by atoms with Crippen LogP contribution >= 0.6 is 11.3 Å². The Hall–Kier alpha value is -2.25. The highest BCUT2D eigenvalue weighted by Crippen LogP contribution is 2.32. The Labute approximate surface area is 164 Å². The summed E-state index contributed by atoms with van der Waals surface area (Å²) in [4.78, 5) is 32.5. The minimum Gasteiger partial charge on any atom is -0.382 e. The molecule has 0 aliphatic heterocycles. The lowest BCUT2D eigenvalue weighted by Gasteiger charge is -2.27. The molecule has 2 amide bonds. The molecule has 6 nitrogen and oxygen atoms in total. The summed E-state index contributed by atoms with van der Waals surface area (Å²) in [5.74, 6) is -0.310. The maximum absolute atomic E-state index is 13.2. The number of amides is 2. The number of anilines is 1. The summed E-state index contributed by atoms with van der Waals surface area (Å²) in [7, 11) is 3.32. The van der Waals surface area contributed by atoms with Gasteiger partial charge in [-0.1, -0.05) is 26.8 Å². The number of pyridine rings is 1. The molecule has 0 spiro atoms. The molecule has 0 bridgehead atoms. The Kier molecular flexibility index (Phi) is 6.73. The van der Waals surface area contributed by atoms with Gasteiger partial charge in [-0.15, -0.1) is 11.3 Å². The van der Waals surface area contributed by atoms with Crippen molar-refractivity contribution in [1.82, 2.24) is 9.88 Å². The van der Waals surface area contributed by atoms with Crippen molar-refractivity contribution in [1.29, 1.82) is 0 Å². The van der Waals surface area contributed by atoms with Crippen molar-refractivity contribution in [2.75, 3.05) is 26.1 Å². The van der Waals surface area contributed by atoms with E-state index in [-0.39, 0.29) is 17.9 Å². The van der Waals surface area contributed by atoms with Gasteiger partial charge < -0.3 is 15.0 Å². The van der Waals surface area contributed by atoms with E-state index in [0.29, 0.717) is 17.2 Å². The lowest BCUT2D eigenvalue weighted by molar-refractivity contribution is -0.123. The number of hydrogen-bond acceptors (Lipinski definition) is 5. The van der Waals surface area contributed by atoms with Gasteiger partial charge in [0.2, 0.25) is 5.91 Å². The molecule has 0 saturated heterocycles. The van der Waals surface area contributed by atoms with Crippen molar-refractivity contribution in [2.45, 2.75) is 33.7 Å². The van der Waals surface area contributed by atoms with E-state index in [4.69, 9.17) is 4.74 Å². The number of nitrogens with zero attached hydrogens (tertiary/aromatic N) is 2. The maximum atomic E-state index is 13.2. The van der Waals surface area contributed by atoms with Gasteiger partial charge in [0, 0.05) is 30.6 Å². The third-order valence-electron chi connectivity index (χ3n) is 4.14. The van der Waals surface area contributed by atoms with E-state index < -0.39 is 5.41 Å². The zero-order chi connectivity index (χ0) is 20.2. The zero-order valence-corrected chi connectivity index (χ0v) is 17.5. The first kappa shape index (κ1) is 21.1. The van der Waals surface area contributed by atoms with E-state index in [1.807, 2.05) is 52.0 Å². The molecular weight excluding hydrogens is 362 g/mol. The molecule has 1 atom stereocenters. The van der Waals surface area contributed by atoms with Crippen molar-refractivity contribution in [3.63, 3.8) is 0 Å². The van der Waals surface area contributed by atoms with Gasteiger partial charge in [-0.2, -0.15) is 0 Å². The van der Waals surface area contributed by atoms with Crippen LogP contribution in [-0.4, -0.2) is 42.5 Å². The summed E-state index contributed by atoms with van der Waals surface area (Å²) >= 11 is 1.40. The normalized spacial score (nSPS) is 12.5. The summed E-state index contributed by atoms with van der Waals surface area (Å²) in [5.41, 5.74) is 0.688. The highest BCUT2D eigenvalue weighted by Gasteiger charge is 2.29. The molecule has 2 aromatic heterocycles. The Balaban J connectivity index is 2.32. The van der Waals surface area contributed by atoms with Gasteiger partial charge in [0.25, 0.3) is 5.91 Å². The summed E-state index contributed by atoms with van der Waals surface area (Å²) in [6, 6.07) is 7.07. The average molecular weight is 390 g/mol. The van der Waals surface area contributed by atoms with Crippen molar-refractivity contribution >= 4 is 28.2 Å². The van der Waals surface area contributed by atoms with E-state index in [1.54, 1.807) is 25.3 Å². The van der Waals surface area contributed by atoms with E-state index in [1.165, 1.54) is 11.3 Å². The first-order chi connectivity index (χ1) is 12.6. The summed E-state index contributed by atoms with van der Waals surface area (Å²) < 4.78 is 5.31. The molecule has 2 rings (SSSR count). The minimum atomic E-state index is -0.545. The second-order valence-electron chi connectivity index (χ2n) is 7.45. The minimum absolute atomic E-state index is 0.126. The average Bonchev–Trinajstić information content (AvgIpc) is 2.98. The van der Waals surface area contributed by atoms with E-state index in [9.17, 15) is 9.59 Å². The Bertz CT molecular complexity index is 797. The number of carbonyl (C=O) groups is 2. The van der Waals surface area contributed by atoms with Gasteiger partial charge >= 0.3 is 0 Å². The quantitative estimate of drug-likeness (QED) is 0.813. The Morgan fingerprint density at radius 3 is 2.59 bits per heavy atom. The Morgan fingerprint density at radius 2 is 2.04 bits per heavy atom. The predicted octanol–water partition coefficient (Wildman–Crippen LogP) is 3.90. The van der Waals surface area contributed by atoms with Crippen LogP contribution < -0.4 is 5.32 Å². The molecule has 0 saturated carbocycles. The summed E-state index contributed by atoms with van der Waals surface area (Å²) in [6.45, 7) is 7.76. The van der Waals surface area contributed by atoms with Crippen LogP contribution in [0.1, 0.15) is 47.7 Å². The predicted molar refractivity (Wildman–Crippen MR) is 108 cm³/mol. The highest BCUT2D eigenvalue weighted by molar-refractivity contribution is 7.16.